The molecule has 9 heteroatoms. The highest BCUT2D eigenvalue weighted by Crippen LogP contribution is 2.17. The minimum atomic E-state index is -0.115. The third kappa shape index (κ3) is 4.71. The largest absolute Gasteiger partial charge is 0.353 e. The molecule has 0 unspecified atom stereocenters. The fraction of sp³-hybridized carbons (Fsp3) is 0.400. The molecule has 0 aliphatic carbocycles. The van der Waals surface area contributed by atoms with Gasteiger partial charge in [0.1, 0.15) is 17.3 Å². The van der Waals surface area contributed by atoms with Gasteiger partial charge in [0.25, 0.3) is 5.56 Å². The van der Waals surface area contributed by atoms with Crippen molar-refractivity contribution in [2.45, 2.75) is 0 Å². The Morgan fingerprint density at radius 2 is 1.96 bits per heavy atom. The second kappa shape index (κ2) is 9.05. The van der Waals surface area contributed by atoms with Gasteiger partial charge in [-0.15, -0.1) is 0 Å². The van der Waals surface area contributed by atoms with Crippen LogP contribution in [0.2, 0.25) is 0 Å². The highest BCUT2D eigenvalue weighted by Gasteiger charge is 2.12. The Balaban J connectivity index is 0.00000100. The summed E-state index contributed by atoms with van der Waals surface area (Å²) in [5, 5.41) is 6.32. The Labute approximate surface area is 155 Å². The third-order valence-corrected chi connectivity index (χ3v) is 3.93. The summed E-state index contributed by atoms with van der Waals surface area (Å²) in [6, 6.07) is 1.73. The molecule has 0 atom stereocenters. The quantitative estimate of drug-likeness (QED) is 0.665. The molecule has 0 amide bonds. The van der Waals surface area contributed by atoms with Crippen LogP contribution in [0.25, 0.3) is 0 Å². The molecule has 0 radical (unpaired) electrons. The van der Waals surface area contributed by atoms with Crippen LogP contribution in [-0.4, -0.2) is 47.0 Å². The maximum atomic E-state index is 12.1. The number of piperazine rings is 1. The first kappa shape index (κ1) is 18.8. The molecule has 2 aromatic rings. The molecule has 1 aliphatic rings. The zero-order valence-corrected chi connectivity index (χ0v) is 16.1. The van der Waals surface area contributed by atoms with Crippen LogP contribution in [-0.2, 0) is 7.05 Å². The number of nitrogens with zero attached hydrogens (tertiary/aromatic N) is 4. The van der Waals surface area contributed by atoms with E-state index in [1.807, 2.05) is 0 Å². The number of halogens is 1. The molecule has 1 saturated heterocycles. The van der Waals surface area contributed by atoms with Gasteiger partial charge in [-0.05, 0) is 28.3 Å². The predicted octanol–water partition coefficient (Wildman–Crippen LogP) is 1.64. The van der Waals surface area contributed by atoms with E-state index in [9.17, 15) is 4.79 Å². The summed E-state index contributed by atoms with van der Waals surface area (Å²) in [5.74, 6) is 1.41. The fourth-order valence-electron chi connectivity index (χ4n) is 2.34. The minimum absolute atomic E-state index is 0.115. The third-order valence-electron chi connectivity index (χ3n) is 3.49. The van der Waals surface area contributed by atoms with Crippen LogP contribution in [0.5, 0.6) is 0 Å². The van der Waals surface area contributed by atoms with E-state index in [0.29, 0.717) is 11.5 Å². The van der Waals surface area contributed by atoms with E-state index >= 15 is 0 Å². The zero-order valence-electron chi connectivity index (χ0n) is 13.7. The average Bonchev–Trinajstić information content (AvgIpc) is 2.62. The number of nitrogens with one attached hydrogen (secondary N) is 2. The highest BCUT2D eigenvalue weighted by atomic mass is 79.9. The lowest BCUT2D eigenvalue weighted by molar-refractivity contribution is 0.584. The van der Waals surface area contributed by atoms with E-state index in [-0.39, 0.29) is 5.56 Å². The normalized spacial score (nSPS) is 13.9. The van der Waals surface area contributed by atoms with Crippen LogP contribution < -0.4 is 21.1 Å². The van der Waals surface area contributed by atoms with Gasteiger partial charge in [0, 0.05) is 43.9 Å². The number of aryl methyl sites for hydroxylation is 1. The monoisotopic (exact) mass is 412 g/mol. The predicted molar refractivity (Wildman–Crippen MR) is 105 cm³/mol. The molecule has 0 spiro atoms. The summed E-state index contributed by atoms with van der Waals surface area (Å²) >= 11 is 6.90. The van der Waals surface area contributed by atoms with Crippen molar-refractivity contribution in [2.24, 2.45) is 7.05 Å². The van der Waals surface area contributed by atoms with Gasteiger partial charge in [-0.3, -0.25) is 4.79 Å². The van der Waals surface area contributed by atoms with Gasteiger partial charge in [-0.2, -0.15) is 12.6 Å². The van der Waals surface area contributed by atoms with Gasteiger partial charge >= 0.3 is 0 Å². The first-order valence-electron chi connectivity index (χ1n) is 7.49. The molecule has 3 heterocycles. The zero-order chi connectivity index (χ0) is 17.5. The summed E-state index contributed by atoms with van der Waals surface area (Å²) in [7, 11) is 1.71. The van der Waals surface area contributed by atoms with Gasteiger partial charge in [0.2, 0.25) is 0 Å². The molecule has 2 aromatic heterocycles. The fourth-order valence-corrected chi connectivity index (χ4v) is 2.88. The van der Waals surface area contributed by atoms with E-state index in [1.54, 1.807) is 38.0 Å². The number of hydrogen-bond donors (Lipinski definition) is 3. The first-order valence-corrected chi connectivity index (χ1v) is 9.18. The number of pyridine rings is 1. The van der Waals surface area contributed by atoms with E-state index in [2.05, 4.69) is 54.1 Å². The van der Waals surface area contributed by atoms with Crippen LogP contribution in [0, 0.1) is 0 Å². The summed E-state index contributed by atoms with van der Waals surface area (Å²) in [5.41, 5.74) is 0.345. The van der Waals surface area contributed by atoms with Crippen LogP contribution in [0.4, 0.5) is 17.3 Å². The Morgan fingerprint density at radius 1 is 1.25 bits per heavy atom. The molecule has 2 N–H and O–H groups in total. The van der Waals surface area contributed by atoms with Crippen LogP contribution >= 0.6 is 28.6 Å². The summed E-state index contributed by atoms with van der Waals surface area (Å²) in [6.07, 6.45) is 6.79. The summed E-state index contributed by atoms with van der Waals surface area (Å²) in [4.78, 5) is 23.0. The van der Waals surface area contributed by atoms with Crippen molar-refractivity contribution >= 4 is 45.9 Å². The molecule has 0 aromatic carbocycles. The maximum Gasteiger partial charge on any atom is 0.274 e. The highest BCUT2D eigenvalue weighted by molar-refractivity contribution is 9.10. The maximum absolute atomic E-state index is 12.1. The van der Waals surface area contributed by atoms with E-state index in [0.717, 1.165) is 36.5 Å². The van der Waals surface area contributed by atoms with Gasteiger partial charge in [-0.1, -0.05) is 0 Å². The second-order valence-corrected chi connectivity index (χ2v) is 6.03. The van der Waals surface area contributed by atoms with E-state index < -0.39 is 0 Å². The van der Waals surface area contributed by atoms with Crippen molar-refractivity contribution in [3.05, 3.63) is 39.5 Å². The van der Waals surface area contributed by atoms with Crippen molar-refractivity contribution in [1.82, 2.24) is 19.9 Å². The lowest BCUT2D eigenvalue weighted by Crippen LogP contribution is -2.43. The molecular weight excluding hydrogens is 392 g/mol. The molecule has 130 valence electrons. The Bertz CT molecular complexity index is 715. The Kier molecular flexibility index (Phi) is 7.07. The molecule has 3 rings (SSSR count). The summed E-state index contributed by atoms with van der Waals surface area (Å²) < 4.78 is 2.33. The molecule has 7 nitrogen and oxygen atoms in total. The number of thiol groups is 1. The van der Waals surface area contributed by atoms with Crippen LogP contribution in [0.3, 0.4) is 0 Å². The topological polar surface area (TPSA) is 75.1 Å². The number of aromatic nitrogens is 3. The van der Waals surface area contributed by atoms with Gasteiger partial charge in [-0.25, -0.2) is 9.97 Å². The molecule has 24 heavy (non-hydrogen) atoms. The molecule has 0 saturated carbocycles. The standard InChI is InChI=1S/C14H17BrN6O.CH4S/c1-20-9-10(15)6-11(14(20)22)19-12-7-18-13(8-17-12)21-4-2-16-3-5-21;1-2/h6-9,16H,2-5H2,1H3,(H,17,19);2H,1H3. The van der Waals surface area contributed by atoms with Gasteiger partial charge in [0.05, 0.1) is 12.4 Å². The summed E-state index contributed by atoms with van der Waals surface area (Å²) in [6.45, 7) is 3.76. The lowest BCUT2D eigenvalue weighted by Gasteiger charge is -2.28. The number of hydrogen-bond acceptors (Lipinski definition) is 7. The smallest absolute Gasteiger partial charge is 0.274 e. The van der Waals surface area contributed by atoms with Gasteiger partial charge < -0.3 is 20.1 Å². The molecule has 1 aliphatic heterocycles. The van der Waals surface area contributed by atoms with Crippen molar-refractivity contribution in [1.29, 1.82) is 0 Å². The molecular formula is C15H21BrN6OS. The van der Waals surface area contributed by atoms with E-state index in [4.69, 9.17) is 0 Å². The lowest BCUT2D eigenvalue weighted by atomic mass is 10.3. The van der Waals surface area contributed by atoms with Crippen LogP contribution in [0.15, 0.2) is 33.9 Å². The minimum Gasteiger partial charge on any atom is -0.353 e. The van der Waals surface area contributed by atoms with Crippen molar-refractivity contribution < 1.29 is 0 Å². The number of anilines is 3. The molecule has 0 bridgehead atoms. The van der Waals surface area contributed by atoms with Crippen LogP contribution in [0.1, 0.15) is 0 Å². The molecule has 1 fully saturated rings. The average molecular weight is 413 g/mol. The van der Waals surface area contributed by atoms with E-state index in [1.165, 1.54) is 4.57 Å². The SMILES string of the molecule is CS.Cn1cc(Br)cc(Nc2cnc(N3CCNCC3)cn2)c1=O. The van der Waals surface area contributed by atoms with Crippen molar-refractivity contribution in [3.63, 3.8) is 0 Å². The van der Waals surface area contributed by atoms with Gasteiger partial charge in [0.15, 0.2) is 0 Å². The Hall–Kier alpha value is -1.58. The first-order chi connectivity index (χ1) is 11.6. The van der Waals surface area contributed by atoms with Crippen molar-refractivity contribution in [2.75, 3.05) is 42.7 Å². The number of rotatable bonds is 3. The Morgan fingerprint density at radius 3 is 2.58 bits per heavy atom. The second-order valence-electron chi connectivity index (χ2n) is 5.11. The van der Waals surface area contributed by atoms with Crippen molar-refractivity contribution in [3.8, 4) is 0 Å².